The van der Waals surface area contributed by atoms with Crippen LogP contribution in [0.4, 0.5) is 13.2 Å². The lowest BCUT2D eigenvalue weighted by Gasteiger charge is -2.08. The van der Waals surface area contributed by atoms with Crippen LogP contribution in [-0.2, 0) is 13.0 Å². The van der Waals surface area contributed by atoms with Gasteiger partial charge in [0.15, 0.2) is 0 Å². The molecular weight excluding hydrogens is 287 g/mol. The van der Waals surface area contributed by atoms with E-state index in [1.54, 1.807) is 0 Å². The lowest BCUT2D eigenvalue weighted by atomic mass is 10.1. The Morgan fingerprint density at radius 2 is 1.86 bits per heavy atom. The third-order valence-electron chi connectivity index (χ3n) is 3.13. The minimum atomic E-state index is -4.29. The van der Waals surface area contributed by atoms with Crippen LogP contribution in [0.2, 0.25) is 0 Å². The van der Waals surface area contributed by atoms with E-state index in [-0.39, 0.29) is 18.7 Å². The van der Waals surface area contributed by atoms with Crippen molar-refractivity contribution in [1.29, 1.82) is 0 Å². The number of hydrogen-bond acceptors (Lipinski definition) is 3. The summed E-state index contributed by atoms with van der Waals surface area (Å²) >= 11 is 0. The molecule has 8 heteroatoms. The number of nitrogens with one attached hydrogen (secondary N) is 1. The van der Waals surface area contributed by atoms with Gasteiger partial charge in [-0.15, -0.1) is 0 Å². The van der Waals surface area contributed by atoms with Crippen LogP contribution in [0, 0.1) is 0 Å². The SMILES string of the molecule is CCCCCCc1n[nH]c(=O)n(CCCC(F)(F)F)c1=O. The van der Waals surface area contributed by atoms with Gasteiger partial charge in [-0.1, -0.05) is 26.2 Å². The average molecular weight is 307 g/mol. The Morgan fingerprint density at radius 3 is 2.48 bits per heavy atom. The van der Waals surface area contributed by atoms with Gasteiger partial charge in [0.25, 0.3) is 5.56 Å². The highest BCUT2D eigenvalue weighted by atomic mass is 19.4. The quantitative estimate of drug-likeness (QED) is 0.750. The molecule has 1 rings (SSSR count). The maximum absolute atomic E-state index is 12.1. The van der Waals surface area contributed by atoms with Crippen LogP contribution in [-0.4, -0.2) is 20.9 Å². The number of unbranched alkanes of at least 4 members (excludes halogenated alkanes) is 3. The summed E-state index contributed by atoms with van der Waals surface area (Å²) < 4.78 is 37.1. The minimum absolute atomic E-state index is 0.206. The first-order valence-electron chi connectivity index (χ1n) is 7.10. The summed E-state index contributed by atoms with van der Waals surface area (Å²) in [6.45, 7) is 1.81. The lowest BCUT2D eigenvalue weighted by molar-refractivity contribution is -0.135. The molecule has 0 fully saturated rings. The van der Waals surface area contributed by atoms with Crippen molar-refractivity contribution >= 4 is 0 Å². The molecule has 5 nitrogen and oxygen atoms in total. The van der Waals surface area contributed by atoms with E-state index in [9.17, 15) is 22.8 Å². The molecule has 0 aliphatic carbocycles. The second-order valence-electron chi connectivity index (χ2n) is 4.96. The number of rotatable bonds is 8. The fourth-order valence-corrected chi connectivity index (χ4v) is 1.99. The van der Waals surface area contributed by atoms with Crippen LogP contribution in [0.15, 0.2) is 9.59 Å². The number of aryl methyl sites for hydroxylation is 1. The van der Waals surface area contributed by atoms with Gasteiger partial charge in [0.1, 0.15) is 5.69 Å². The summed E-state index contributed by atoms with van der Waals surface area (Å²) in [4.78, 5) is 23.5. The van der Waals surface area contributed by atoms with Crippen LogP contribution >= 0.6 is 0 Å². The molecule has 0 aromatic carbocycles. The predicted octanol–water partition coefficient (Wildman–Crippen LogP) is 2.40. The van der Waals surface area contributed by atoms with Crippen LogP contribution in [0.3, 0.4) is 0 Å². The van der Waals surface area contributed by atoms with Crippen LogP contribution in [0.25, 0.3) is 0 Å². The summed E-state index contributed by atoms with van der Waals surface area (Å²) in [6, 6.07) is 0. The molecule has 120 valence electrons. The summed E-state index contributed by atoms with van der Waals surface area (Å²) in [6.07, 6.45) is -1.36. The second-order valence-corrected chi connectivity index (χ2v) is 4.96. The number of alkyl halides is 3. The van der Waals surface area contributed by atoms with Crippen LogP contribution in [0.1, 0.15) is 51.1 Å². The first kappa shape index (κ1) is 17.5. The topological polar surface area (TPSA) is 67.8 Å². The molecule has 0 aliphatic rings. The van der Waals surface area contributed by atoms with Crippen molar-refractivity contribution in [2.24, 2.45) is 0 Å². The predicted molar refractivity (Wildman–Crippen MR) is 72.3 cm³/mol. The van der Waals surface area contributed by atoms with Gasteiger partial charge in [0.05, 0.1) is 0 Å². The first-order valence-corrected chi connectivity index (χ1v) is 7.10. The van der Waals surface area contributed by atoms with Crippen molar-refractivity contribution in [2.45, 2.75) is 64.6 Å². The van der Waals surface area contributed by atoms with E-state index in [1.165, 1.54) is 0 Å². The van der Waals surface area contributed by atoms with Crippen molar-refractivity contribution in [3.63, 3.8) is 0 Å². The first-order chi connectivity index (χ1) is 9.85. The van der Waals surface area contributed by atoms with E-state index in [0.29, 0.717) is 6.42 Å². The maximum Gasteiger partial charge on any atom is 0.389 e. The number of aromatic nitrogens is 3. The van der Waals surface area contributed by atoms with Gasteiger partial charge >= 0.3 is 11.9 Å². The number of H-pyrrole nitrogens is 1. The third-order valence-corrected chi connectivity index (χ3v) is 3.13. The molecule has 1 aromatic rings. The molecule has 0 spiro atoms. The zero-order chi connectivity index (χ0) is 15.9. The molecule has 0 saturated carbocycles. The molecule has 0 atom stereocenters. The molecular formula is C13H20F3N3O2. The summed E-state index contributed by atoms with van der Waals surface area (Å²) in [5.74, 6) is 0. The van der Waals surface area contributed by atoms with E-state index < -0.39 is 23.8 Å². The fraction of sp³-hybridized carbons (Fsp3) is 0.769. The van der Waals surface area contributed by atoms with E-state index in [0.717, 1.165) is 30.3 Å². The van der Waals surface area contributed by atoms with Crippen LogP contribution < -0.4 is 11.2 Å². The Hall–Kier alpha value is -1.60. The van der Waals surface area contributed by atoms with Gasteiger partial charge in [-0.05, 0) is 19.3 Å². The van der Waals surface area contributed by atoms with E-state index in [2.05, 4.69) is 17.1 Å². The van der Waals surface area contributed by atoms with Gasteiger partial charge in [-0.3, -0.25) is 9.36 Å². The lowest BCUT2D eigenvalue weighted by Crippen LogP contribution is -2.38. The molecule has 1 heterocycles. The molecule has 0 aliphatic heterocycles. The van der Waals surface area contributed by atoms with E-state index in [1.807, 2.05) is 0 Å². The molecule has 1 N–H and O–H groups in total. The largest absolute Gasteiger partial charge is 0.389 e. The second kappa shape index (κ2) is 7.99. The Morgan fingerprint density at radius 1 is 1.14 bits per heavy atom. The molecule has 0 unspecified atom stereocenters. The molecule has 0 amide bonds. The van der Waals surface area contributed by atoms with Gasteiger partial charge in [-0.2, -0.15) is 18.3 Å². The summed E-state index contributed by atoms with van der Waals surface area (Å²) in [7, 11) is 0. The Bertz CT molecular complexity index is 549. The van der Waals surface area contributed by atoms with E-state index in [4.69, 9.17) is 0 Å². The molecule has 1 aromatic heterocycles. The van der Waals surface area contributed by atoms with Crippen molar-refractivity contribution in [3.05, 3.63) is 26.5 Å². The Labute approximate surface area is 120 Å². The number of halogens is 3. The number of nitrogens with zero attached hydrogens (tertiary/aromatic N) is 2. The Kier molecular flexibility index (Phi) is 6.64. The van der Waals surface area contributed by atoms with Gasteiger partial charge in [0.2, 0.25) is 0 Å². The normalized spacial score (nSPS) is 11.8. The van der Waals surface area contributed by atoms with Crippen molar-refractivity contribution in [3.8, 4) is 0 Å². The average Bonchev–Trinajstić information content (AvgIpc) is 2.39. The highest BCUT2D eigenvalue weighted by molar-refractivity contribution is 4.94. The third kappa shape index (κ3) is 6.14. The van der Waals surface area contributed by atoms with Crippen molar-refractivity contribution in [1.82, 2.24) is 14.8 Å². The zero-order valence-corrected chi connectivity index (χ0v) is 12.0. The highest BCUT2D eigenvalue weighted by Crippen LogP contribution is 2.21. The van der Waals surface area contributed by atoms with Gasteiger partial charge in [0, 0.05) is 13.0 Å². The molecule has 0 bridgehead atoms. The highest BCUT2D eigenvalue weighted by Gasteiger charge is 2.26. The monoisotopic (exact) mass is 307 g/mol. The minimum Gasteiger partial charge on any atom is -0.267 e. The maximum atomic E-state index is 12.1. The van der Waals surface area contributed by atoms with Crippen molar-refractivity contribution in [2.75, 3.05) is 0 Å². The molecule has 0 radical (unpaired) electrons. The fourth-order valence-electron chi connectivity index (χ4n) is 1.99. The number of aromatic amines is 1. The van der Waals surface area contributed by atoms with E-state index >= 15 is 0 Å². The number of hydrogen-bond donors (Lipinski definition) is 1. The standard InChI is InChI=1S/C13H20F3N3O2/c1-2-3-4-5-7-10-11(20)19(12(21)18-17-10)9-6-8-13(14,15)16/h2-9H2,1H3,(H,18,21). The van der Waals surface area contributed by atoms with Gasteiger partial charge in [-0.25, -0.2) is 9.89 Å². The smallest absolute Gasteiger partial charge is 0.267 e. The molecule has 0 saturated heterocycles. The zero-order valence-electron chi connectivity index (χ0n) is 12.0. The Balaban J connectivity index is 2.71. The van der Waals surface area contributed by atoms with Gasteiger partial charge < -0.3 is 0 Å². The molecule has 21 heavy (non-hydrogen) atoms. The summed E-state index contributed by atoms with van der Waals surface area (Å²) in [5.41, 5.74) is -1.14. The van der Waals surface area contributed by atoms with Crippen LogP contribution in [0.5, 0.6) is 0 Å². The van der Waals surface area contributed by atoms with Crippen molar-refractivity contribution < 1.29 is 13.2 Å². The summed E-state index contributed by atoms with van der Waals surface area (Å²) in [5, 5.41) is 5.87.